The van der Waals surface area contributed by atoms with E-state index in [0.29, 0.717) is 17.6 Å². The van der Waals surface area contributed by atoms with Crippen molar-refractivity contribution in [2.75, 3.05) is 60.7 Å². The quantitative estimate of drug-likeness (QED) is 0.202. The number of likely N-dealkylation sites (N-methyl/N-ethyl adjacent to an activating group) is 1. The lowest BCUT2D eigenvalue weighted by atomic mass is 10.2. The minimum atomic E-state index is -4.26. The summed E-state index contributed by atoms with van der Waals surface area (Å²) in [6.45, 7) is 7.08. The van der Waals surface area contributed by atoms with Gasteiger partial charge >= 0.3 is 7.82 Å². The highest BCUT2D eigenvalue weighted by atomic mass is 31.2. The summed E-state index contributed by atoms with van der Waals surface area (Å²) in [7, 11) is 1.50. The highest BCUT2D eigenvalue weighted by molar-refractivity contribution is 7.46. The van der Waals surface area contributed by atoms with Crippen LogP contribution in [0.15, 0.2) is 0 Å². The molecule has 0 aromatic heterocycles. The number of aliphatic hydroxyl groups excluding tert-OH is 1. The van der Waals surface area contributed by atoms with Crippen molar-refractivity contribution < 1.29 is 37.9 Å². The molecule has 9 heteroatoms. The van der Waals surface area contributed by atoms with Gasteiger partial charge in [-0.05, 0) is 12.8 Å². The lowest BCUT2D eigenvalue weighted by Gasteiger charge is -2.23. The second-order valence-electron chi connectivity index (χ2n) is 7.50. The predicted molar refractivity (Wildman–Crippen MR) is 108 cm³/mol. The first-order chi connectivity index (χ1) is 12.6. The fourth-order valence-corrected chi connectivity index (χ4v) is 2.18. The molecule has 0 rings (SSSR count). The van der Waals surface area contributed by atoms with E-state index in [2.05, 4.69) is 18.4 Å². The Hall–Kier alpha value is -0.0500. The van der Waals surface area contributed by atoms with Crippen molar-refractivity contribution in [3.63, 3.8) is 0 Å². The van der Waals surface area contributed by atoms with Crippen LogP contribution in [0.1, 0.15) is 52.4 Å². The van der Waals surface area contributed by atoms with Gasteiger partial charge in [0.05, 0.1) is 34.4 Å². The van der Waals surface area contributed by atoms with Crippen LogP contribution in [0, 0.1) is 0 Å². The zero-order chi connectivity index (χ0) is 21.2. The Kier molecular flexibility index (Phi) is 19.4. The summed E-state index contributed by atoms with van der Waals surface area (Å²) in [5.41, 5.74) is 0. The number of phosphoric acid groups is 1. The summed E-state index contributed by atoms with van der Waals surface area (Å²) in [4.78, 5) is 16.6. The van der Waals surface area contributed by atoms with Crippen LogP contribution >= 0.6 is 7.82 Å². The molecule has 0 aromatic carbocycles. The van der Waals surface area contributed by atoms with E-state index in [-0.39, 0.29) is 19.3 Å². The monoisotopic (exact) mass is 416 g/mol. The molecule has 0 saturated heterocycles. The van der Waals surface area contributed by atoms with Gasteiger partial charge in [-0.2, -0.15) is 0 Å². The zero-order valence-electron chi connectivity index (χ0n) is 17.9. The third kappa shape index (κ3) is 28.3. The Labute approximate surface area is 165 Å². The molecule has 1 atom stereocenters. The molecule has 166 valence electrons. The van der Waals surface area contributed by atoms with Gasteiger partial charge in [-0.15, -0.1) is 0 Å². The minimum Gasteiger partial charge on any atom is -0.394 e. The van der Waals surface area contributed by atoms with Gasteiger partial charge in [-0.1, -0.05) is 39.5 Å². The average molecular weight is 417 g/mol. The number of nitrogens with zero attached hydrogens (tertiary/aromatic N) is 1. The van der Waals surface area contributed by atoms with E-state index in [9.17, 15) is 4.57 Å². The molecule has 0 amide bonds. The van der Waals surface area contributed by atoms with E-state index >= 15 is 0 Å². The summed E-state index contributed by atoms with van der Waals surface area (Å²) < 4.78 is 26.0. The Morgan fingerprint density at radius 3 is 1.93 bits per heavy atom. The Morgan fingerprint density at radius 2 is 1.48 bits per heavy atom. The summed E-state index contributed by atoms with van der Waals surface area (Å²) in [6, 6.07) is 0. The van der Waals surface area contributed by atoms with E-state index in [1.54, 1.807) is 0 Å². The fraction of sp³-hybridized carbons (Fsp3) is 1.00. The van der Waals surface area contributed by atoms with Crippen LogP contribution in [0.3, 0.4) is 0 Å². The molecule has 3 N–H and O–H groups in total. The molecular weight excluding hydrogens is 373 g/mol. The molecule has 0 fully saturated rings. The molecule has 27 heavy (non-hydrogen) atoms. The molecule has 0 aliphatic heterocycles. The number of unbranched alkanes of at least 4 members (excludes halogenated alkanes) is 4. The van der Waals surface area contributed by atoms with Crippen molar-refractivity contribution in [3.05, 3.63) is 0 Å². The number of phosphoric ester groups is 1. The van der Waals surface area contributed by atoms with Gasteiger partial charge < -0.3 is 28.9 Å². The Morgan fingerprint density at radius 1 is 0.926 bits per heavy atom. The second-order valence-corrected chi connectivity index (χ2v) is 8.74. The summed E-state index contributed by atoms with van der Waals surface area (Å²) in [5, 5.41) is 9.08. The molecule has 0 spiro atoms. The van der Waals surface area contributed by atoms with E-state index in [1.165, 1.54) is 25.7 Å². The van der Waals surface area contributed by atoms with Crippen molar-refractivity contribution in [2.45, 2.75) is 58.5 Å². The van der Waals surface area contributed by atoms with Gasteiger partial charge in [0.2, 0.25) is 0 Å². The Balaban J connectivity index is 0. The van der Waals surface area contributed by atoms with Gasteiger partial charge in [0.15, 0.2) is 0 Å². The summed E-state index contributed by atoms with van der Waals surface area (Å²) in [6.07, 6.45) is 6.84. The SMILES string of the molecule is CCCCCOC[C@H](CO)OCCCCC.C[N+](C)(C)CCOP(=O)(O)O. The van der Waals surface area contributed by atoms with E-state index in [4.69, 9.17) is 24.4 Å². The van der Waals surface area contributed by atoms with Gasteiger partial charge in [0.1, 0.15) is 19.3 Å². The van der Waals surface area contributed by atoms with Crippen LogP contribution in [-0.4, -0.2) is 86.2 Å². The molecule has 0 saturated carbocycles. The first-order valence-corrected chi connectivity index (χ1v) is 11.4. The van der Waals surface area contributed by atoms with Crippen LogP contribution in [-0.2, 0) is 18.6 Å². The maximum atomic E-state index is 10.2. The number of quaternary nitrogens is 1. The molecular formula is C18H43NO7P+. The van der Waals surface area contributed by atoms with Crippen LogP contribution in [0.4, 0.5) is 0 Å². The Bertz CT molecular complexity index is 358. The second kappa shape index (κ2) is 18.0. The highest BCUT2D eigenvalue weighted by Gasteiger charge is 2.16. The predicted octanol–water partition coefficient (Wildman–Crippen LogP) is 2.56. The number of hydrogen-bond acceptors (Lipinski definition) is 5. The first-order valence-electron chi connectivity index (χ1n) is 9.86. The van der Waals surface area contributed by atoms with Crippen LogP contribution in [0.2, 0.25) is 0 Å². The maximum absolute atomic E-state index is 10.2. The maximum Gasteiger partial charge on any atom is 0.469 e. The highest BCUT2D eigenvalue weighted by Crippen LogP contribution is 2.35. The van der Waals surface area contributed by atoms with Gasteiger partial charge in [-0.3, -0.25) is 4.52 Å². The third-order valence-electron chi connectivity index (χ3n) is 3.52. The number of rotatable bonds is 16. The lowest BCUT2D eigenvalue weighted by molar-refractivity contribution is -0.870. The molecule has 0 radical (unpaired) electrons. The normalized spacial score (nSPS) is 13.2. The molecule has 0 unspecified atom stereocenters. The molecule has 0 aliphatic carbocycles. The molecule has 0 heterocycles. The smallest absolute Gasteiger partial charge is 0.394 e. The van der Waals surface area contributed by atoms with Crippen LogP contribution in [0.5, 0.6) is 0 Å². The van der Waals surface area contributed by atoms with Gasteiger partial charge in [0, 0.05) is 13.2 Å². The summed E-state index contributed by atoms with van der Waals surface area (Å²) in [5.74, 6) is 0. The largest absolute Gasteiger partial charge is 0.469 e. The molecule has 0 aliphatic rings. The van der Waals surface area contributed by atoms with Crippen molar-refractivity contribution in [3.8, 4) is 0 Å². The van der Waals surface area contributed by atoms with Gasteiger partial charge in [-0.25, -0.2) is 4.57 Å². The molecule has 0 aromatic rings. The number of aliphatic hydroxyl groups is 1. The standard InChI is InChI=1S/C13H28O3.C5H14NO4P/c1-3-5-7-9-15-12-13(11-14)16-10-8-6-4-2;1-6(2,3)4-5-10-11(7,8)9/h13-14H,3-12H2,1-2H3;4-5H2,1-3H3,(H-,7,8,9)/p+1/t13-;/m0./s1. The zero-order valence-corrected chi connectivity index (χ0v) is 18.8. The van der Waals surface area contributed by atoms with Gasteiger partial charge in [0.25, 0.3) is 0 Å². The van der Waals surface area contributed by atoms with Crippen LogP contribution in [0.25, 0.3) is 0 Å². The number of ether oxygens (including phenoxy) is 2. The van der Waals surface area contributed by atoms with Crippen molar-refractivity contribution >= 4 is 7.82 Å². The van der Waals surface area contributed by atoms with Crippen molar-refractivity contribution in [1.29, 1.82) is 0 Å². The van der Waals surface area contributed by atoms with Crippen LogP contribution < -0.4 is 0 Å². The fourth-order valence-electron chi connectivity index (χ4n) is 1.86. The number of hydrogen-bond donors (Lipinski definition) is 3. The third-order valence-corrected chi connectivity index (χ3v) is 4.04. The molecule has 0 bridgehead atoms. The minimum absolute atomic E-state index is 0.0555. The molecule has 8 nitrogen and oxygen atoms in total. The lowest BCUT2D eigenvalue weighted by Crippen LogP contribution is -2.37. The topological polar surface area (TPSA) is 105 Å². The summed E-state index contributed by atoms with van der Waals surface area (Å²) >= 11 is 0. The average Bonchev–Trinajstić information content (AvgIpc) is 2.54. The van der Waals surface area contributed by atoms with Crippen molar-refractivity contribution in [2.24, 2.45) is 0 Å². The van der Waals surface area contributed by atoms with E-state index in [1.807, 2.05) is 21.1 Å². The van der Waals surface area contributed by atoms with E-state index in [0.717, 1.165) is 26.1 Å². The van der Waals surface area contributed by atoms with E-state index < -0.39 is 7.82 Å². The van der Waals surface area contributed by atoms with Crippen molar-refractivity contribution in [1.82, 2.24) is 0 Å². The first kappa shape index (κ1) is 29.2.